The minimum Gasteiger partial charge on any atom is -0.409 e. The van der Waals surface area contributed by atoms with E-state index in [1.54, 1.807) is 18.5 Å². The van der Waals surface area contributed by atoms with Gasteiger partial charge in [0.2, 0.25) is 0 Å². The Balaban J connectivity index is 2.82. The maximum atomic E-state index is 8.73. The lowest BCUT2D eigenvalue weighted by atomic mass is 10.2. The second-order valence-electron chi connectivity index (χ2n) is 4.01. The molecule has 0 amide bonds. The number of aromatic nitrogens is 1. The van der Waals surface area contributed by atoms with Gasteiger partial charge in [0.1, 0.15) is 0 Å². The number of amidine groups is 1. The van der Waals surface area contributed by atoms with Crippen molar-refractivity contribution in [1.82, 2.24) is 4.98 Å². The molecule has 0 spiro atoms. The Hall–Kier alpha value is -1.78. The molecule has 0 unspecified atom stereocenters. The summed E-state index contributed by atoms with van der Waals surface area (Å²) in [5.41, 5.74) is 7.23. The molecule has 1 aromatic heterocycles. The number of unbranched alkanes of at least 4 members (excludes halogenated alkanes) is 2. The number of hydrogen-bond donors (Lipinski definition) is 2. The van der Waals surface area contributed by atoms with Crippen LogP contribution < -0.4 is 10.6 Å². The highest BCUT2D eigenvalue weighted by molar-refractivity contribution is 6.01. The third-order valence-electron chi connectivity index (χ3n) is 2.69. The lowest BCUT2D eigenvalue weighted by Gasteiger charge is -2.21. The third-order valence-corrected chi connectivity index (χ3v) is 2.69. The van der Waals surface area contributed by atoms with Crippen molar-refractivity contribution >= 4 is 11.5 Å². The maximum Gasteiger partial charge on any atom is 0.172 e. The molecule has 94 valence electrons. The fraction of sp³-hybridized carbons (Fsp3) is 0.500. The van der Waals surface area contributed by atoms with E-state index >= 15 is 0 Å². The molecule has 0 aliphatic heterocycles. The predicted molar refractivity (Wildman–Crippen MR) is 69.5 cm³/mol. The molecule has 0 fully saturated rings. The van der Waals surface area contributed by atoms with E-state index in [4.69, 9.17) is 10.9 Å². The third kappa shape index (κ3) is 3.62. The zero-order chi connectivity index (χ0) is 12.7. The van der Waals surface area contributed by atoms with Gasteiger partial charge in [0.25, 0.3) is 0 Å². The van der Waals surface area contributed by atoms with Gasteiger partial charge >= 0.3 is 0 Å². The largest absolute Gasteiger partial charge is 0.409 e. The number of hydrogen-bond acceptors (Lipinski definition) is 4. The number of rotatable bonds is 6. The molecule has 0 bridgehead atoms. The molecule has 1 rings (SSSR count). The summed E-state index contributed by atoms with van der Waals surface area (Å²) < 4.78 is 0. The summed E-state index contributed by atoms with van der Waals surface area (Å²) in [6.07, 6.45) is 6.88. The molecule has 0 radical (unpaired) electrons. The molecule has 0 saturated heterocycles. The number of nitrogens with zero attached hydrogens (tertiary/aromatic N) is 3. The Bertz CT molecular complexity index is 379. The monoisotopic (exact) mass is 236 g/mol. The smallest absolute Gasteiger partial charge is 0.172 e. The number of anilines is 1. The van der Waals surface area contributed by atoms with Crippen molar-refractivity contribution in [1.29, 1.82) is 0 Å². The summed E-state index contributed by atoms with van der Waals surface area (Å²) in [4.78, 5) is 6.16. The Morgan fingerprint density at radius 1 is 1.53 bits per heavy atom. The van der Waals surface area contributed by atoms with Gasteiger partial charge in [0.05, 0.1) is 11.9 Å². The van der Waals surface area contributed by atoms with Crippen LogP contribution in [0.1, 0.15) is 31.7 Å². The molecule has 0 saturated carbocycles. The fourth-order valence-electron chi connectivity index (χ4n) is 1.68. The van der Waals surface area contributed by atoms with Gasteiger partial charge in [-0.3, -0.25) is 4.98 Å². The van der Waals surface area contributed by atoms with Crippen molar-refractivity contribution in [2.24, 2.45) is 10.9 Å². The highest BCUT2D eigenvalue weighted by Gasteiger charge is 2.10. The van der Waals surface area contributed by atoms with Crippen LogP contribution in [0.2, 0.25) is 0 Å². The van der Waals surface area contributed by atoms with Crippen LogP contribution in [0.15, 0.2) is 23.6 Å². The van der Waals surface area contributed by atoms with E-state index in [1.807, 2.05) is 7.05 Å². The molecule has 0 atom stereocenters. The molecule has 5 nitrogen and oxygen atoms in total. The highest BCUT2D eigenvalue weighted by Crippen LogP contribution is 2.18. The van der Waals surface area contributed by atoms with Gasteiger partial charge in [0, 0.05) is 25.4 Å². The van der Waals surface area contributed by atoms with Crippen molar-refractivity contribution in [2.75, 3.05) is 18.5 Å². The Morgan fingerprint density at radius 3 is 2.94 bits per heavy atom. The molecule has 0 aliphatic carbocycles. The molecule has 0 aromatic carbocycles. The normalized spacial score (nSPS) is 11.5. The van der Waals surface area contributed by atoms with Gasteiger partial charge in [-0.25, -0.2) is 0 Å². The average Bonchev–Trinajstić information content (AvgIpc) is 2.38. The summed E-state index contributed by atoms with van der Waals surface area (Å²) in [5.74, 6) is 0.116. The quantitative estimate of drug-likeness (QED) is 0.260. The Kier molecular flexibility index (Phi) is 5.26. The van der Waals surface area contributed by atoms with Crippen LogP contribution in [-0.4, -0.2) is 29.6 Å². The molecule has 3 N–H and O–H groups in total. The second kappa shape index (κ2) is 6.73. The van der Waals surface area contributed by atoms with Gasteiger partial charge in [0.15, 0.2) is 5.84 Å². The molecular weight excluding hydrogens is 216 g/mol. The average molecular weight is 236 g/mol. The Labute approximate surface area is 102 Å². The molecular formula is C12H20N4O. The number of nitrogens with two attached hydrogens (primary N) is 1. The van der Waals surface area contributed by atoms with E-state index in [9.17, 15) is 0 Å². The van der Waals surface area contributed by atoms with E-state index in [0.717, 1.165) is 18.7 Å². The highest BCUT2D eigenvalue weighted by atomic mass is 16.4. The minimum absolute atomic E-state index is 0.116. The van der Waals surface area contributed by atoms with Gasteiger partial charge in [-0.1, -0.05) is 24.9 Å². The van der Waals surface area contributed by atoms with Crippen LogP contribution in [0.25, 0.3) is 0 Å². The molecule has 1 aromatic rings. The summed E-state index contributed by atoms with van der Waals surface area (Å²) in [6.45, 7) is 3.11. The lowest BCUT2D eigenvalue weighted by molar-refractivity contribution is 0.318. The second-order valence-corrected chi connectivity index (χ2v) is 4.01. The summed E-state index contributed by atoms with van der Waals surface area (Å²) >= 11 is 0. The van der Waals surface area contributed by atoms with E-state index in [-0.39, 0.29) is 5.84 Å². The van der Waals surface area contributed by atoms with Crippen LogP contribution in [0.3, 0.4) is 0 Å². The minimum atomic E-state index is 0.116. The molecule has 17 heavy (non-hydrogen) atoms. The molecule has 1 heterocycles. The van der Waals surface area contributed by atoms with E-state index in [2.05, 4.69) is 22.0 Å². The van der Waals surface area contributed by atoms with Crippen LogP contribution >= 0.6 is 0 Å². The van der Waals surface area contributed by atoms with Gasteiger partial charge in [-0.2, -0.15) is 0 Å². The van der Waals surface area contributed by atoms with Crippen molar-refractivity contribution in [3.63, 3.8) is 0 Å². The van der Waals surface area contributed by atoms with Crippen LogP contribution in [0.4, 0.5) is 5.69 Å². The van der Waals surface area contributed by atoms with Crippen LogP contribution in [0, 0.1) is 0 Å². The van der Waals surface area contributed by atoms with Crippen molar-refractivity contribution in [2.45, 2.75) is 26.2 Å². The molecule has 0 aliphatic rings. The summed E-state index contributed by atoms with van der Waals surface area (Å²) in [6, 6.07) is 1.75. The van der Waals surface area contributed by atoms with Crippen molar-refractivity contribution < 1.29 is 5.21 Å². The van der Waals surface area contributed by atoms with Crippen LogP contribution in [0.5, 0.6) is 0 Å². The van der Waals surface area contributed by atoms with Gasteiger partial charge in [-0.15, -0.1) is 0 Å². The zero-order valence-corrected chi connectivity index (χ0v) is 10.4. The van der Waals surface area contributed by atoms with E-state index in [1.165, 1.54) is 12.8 Å². The van der Waals surface area contributed by atoms with Gasteiger partial charge in [-0.05, 0) is 12.5 Å². The predicted octanol–water partition coefficient (Wildman–Crippen LogP) is 1.80. The number of pyridine rings is 1. The fourth-order valence-corrected chi connectivity index (χ4v) is 1.68. The topological polar surface area (TPSA) is 74.7 Å². The summed E-state index contributed by atoms with van der Waals surface area (Å²) in [7, 11) is 1.99. The standard InChI is InChI=1S/C12H20N4O/c1-3-4-5-8-16(2)11-9-14-7-6-10(11)12(13)15-17/h6-7,9,17H,3-5,8H2,1-2H3,(H2,13,15). The first kappa shape index (κ1) is 13.3. The van der Waals surface area contributed by atoms with Crippen LogP contribution in [-0.2, 0) is 0 Å². The van der Waals surface area contributed by atoms with Gasteiger partial charge < -0.3 is 15.8 Å². The van der Waals surface area contributed by atoms with Crippen molar-refractivity contribution in [3.8, 4) is 0 Å². The first-order valence-electron chi connectivity index (χ1n) is 5.83. The summed E-state index contributed by atoms with van der Waals surface area (Å²) in [5, 5.41) is 11.8. The van der Waals surface area contributed by atoms with Crippen molar-refractivity contribution in [3.05, 3.63) is 24.0 Å². The maximum absolute atomic E-state index is 8.73. The lowest BCUT2D eigenvalue weighted by Crippen LogP contribution is -2.24. The zero-order valence-electron chi connectivity index (χ0n) is 10.4. The molecule has 5 heteroatoms. The first-order valence-corrected chi connectivity index (χ1v) is 5.83. The number of oxime groups is 1. The SMILES string of the molecule is CCCCCN(C)c1cnccc1/C(N)=N/O. The van der Waals surface area contributed by atoms with E-state index in [0.29, 0.717) is 5.56 Å². The van der Waals surface area contributed by atoms with E-state index < -0.39 is 0 Å². The first-order chi connectivity index (χ1) is 8.20. The Morgan fingerprint density at radius 2 is 2.29 bits per heavy atom.